The summed E-state index contributed by atoms with van der Waals surface area (Å²) in [6.07, 6.45) is 3.84. The van der Waals surface area contributed by atoms with E-state index in [1.807, 2.05) is 95.9 Å². The number of hydrogen-bond donors (Lipinski definition) is 0. The van der Waals surface area contributed by atoms with Crippen LogP contribution >= 0.6 is 11.8 Å². The molecule has 0 amide bonds. The molecule has 3 aromatic carbocycles. The van der Waals surface area contributed by atoms with Crippen molar-refractivity contribution in [3.8, 4) is 17.1 Å². The lowest BCUT2D eigenvalue weighted by Crippen LogP contribution is -2.21. The fourth-order valence-electron chi connectivity index (χ4n) is 3.47. The van der Waals surface area contributed by atoms with Crippen molar-refractivity contribution in [3.05, 3.63) is 107 Å². The summed E-state index contributed by atoms with van der Waals surface area (Å²) in [6.45, 7) is 0. The van der Waals surface area contributed by atoms with Gasteiger partial charge in [-0.05, 0) is 48.5 Å². The molecule has 0 aliphatic rings. The summed E-state index contributed by atoms with van der Waals surface area (Å²) in [5.41, 5.74) is 3.38. The highest BCUT2D eigenvalue weighted by Crippen LogP contribution is 2.25. The van der Waals surface area contributed by atoms with E-state index in [0.29, 0.717) is 21.8 Å². The first kappa shape index (κ1) is 20.1. The monoisotopic (exact) mass is 440 g/mol. The van der Waals surface area contributed by atoms with Crippen LogP contribution in [0.4, 0.5) is 0 Å². The molecule has 0 bridgehead atoms. The number of nitrogens with zero attached hydrogens (tertiary/aromatic N) is 4. The highest BCUT2D eigenvalue weighted by Gasteiger charge is 2.14. The zero-order chi connectivity index (χ0) is 21.9. The lowest BCUT2D eigenvalue weighted by molar-refractivity contribution is 0.414. The van der Waals surface area contributed by atoms with Crippen molar-refractivity contribution < 1.29 is 4.74 Å². The van der Waals surface area contributed by atoms with E-state index < -0.39 is 0 Å². The quantitative estimate of drug-likeness (QED) is 0.278. The van der Waals surface area contributed by atoms with Crippen molar-refractivity contribution in [1.29, 1.82) is 0 Å². The molecule has 0 atom stereocenters. The van der Waals surface area contributed by atoms with E-state index in [1.54, 1.807) is 11.7 Å². The van der Waals surface area contributed by atoms with Crippen molar-refractivity contribution >= 4 is 22.7 Å². The topological polar surface area (TPSA) is 61.9 Å². The number of fused-ring (bicyclic) bond motifs is 1. The van der Waals surface area contributed by atoms with Crippen molar-refractivity contribution in [2.75, 3.05) is 7.11 Å². The molecule has 158 valence electrons. The van der Waals surface area contributed by atoms with Crippen LogP contribution in [0, 0.1) is 0 Å². The highest BCUT2D eigenvalue weighted by molar-refractivity contribution is 7.98. The van der Waals surface area contributed by atoms with Gasteiger partial charge in [0.1, 0.15) is 5.75 Å². The number of para-hydroxylation sites is 2. The maximum atomic E-state index is 13.4. The number of thioether (sulfide) groups is 1. The molecule has 2 aromatic heterocycles. The summed E-state index contributed by atoms with van der Waals surface area (Å²) >= 11 is 1.51. The number of ether oxygens (including phenoxy) is 1. The molecule has 0 saturated carbocycles. The van der Waals surface area contributed by atoms with E-state index >= 15 is 0 Å². The first-order chi connectivity index (χ1) is 15.7. The summed E-state index contributed by atoms with van der Waals surface area (Å²) in [4.78, 5) is 18.2. The fraction of sp³-hybridized carbons (Fsp3) is 0.0800. The van der Waals surface area contributed by atoms with Crippen LogP contribution in [0.5, 0.6) is 5.75 Å². The van der Waals surface area contributed by atoms with Crippen molar-refractivity contribution in [1.82, 2.24) is 19.3 Å². The average Bonchev–Trinajstić information content (AvgIpc) is 3.33. The van der Waals surface area contributed by atoms with Crippen LogP contribution < -0.4 is 10.3 Å². The minimum Gasteiger partial charge on any atom is -0.497 e. The zero-order valence-corrected chi connectivity index (χ0v) is 18.2. The van der Waals surface area contributed by atoms with E-state index in [-0.39, 0.29) is 5.56 Å². The average molecular weight is 441 g/mol. The Kier molecular flexibility index (Phi) is 5.47. The van der Waals surface area contributed by atoms with Gasteiger partial charge >= 0.3 is 0 Å². The van der Waals surface area contributed by atoms with Crippen molar-refractivity contribution in [2.45, 2.75) is 10.9 Å². The number of aromatic nitrogens is 4. The van der Waals surface area contributed by atoms with Gasteiger partial charge in [-0.3, -0.25) is 9.36 Å². The Morgan fingerprint density at radius 3 is 2.44 bits per heavy atom. The third-order valence-corrected chi connectivity index (χ3v) is 6.11. The molecular formula is C25H20N4O2S. The Labute approximate surface area is 189 Å². The van der Waals surface area contributed by atoms with Gasteiger partial charge in [-0.1, -0.05) is 42.1 Å². The standard InChI is InChI=1S/C25H20N4O2S/c1-31-21-13-11-20(12-14-21)29-24(30)22-9-5-6-10-23(22)27-25(29)32-17-18-15-26-28(16-18)19-7-3-2-4-8-19/h2-16H,17H2,1H3. The molecule has 5 rings (SSSR count). The van der Waals surface area contributed by atoms with E-state index in [0.717, 1.165) is 22.7 Å². The zero-order valence-electron chi connectivity index (χ0n) is 17.4. The summed E-state index contributed by atoms with van der Waals surface area (Å²) < 4.78 is 8.77. The second kappa shape index (κ2) is 8.72. The summed E-state index contributed by atoms with van der Waals surface area (Å²) in [5, 5.41) is 5.68. The third kappa shape index (κ3) is 3.90. The van der Waals surface area contributed by atoms with Gasteiger partial charge < -0.3 is 4.74 Å². The molecule has 0 N–H and O–H groups in total. The third-order valence-electron chi connectivity index (χ3n) is 5.10. The van der Waals surface area contributed by atoms with E-state index in [2.05, 4.69) is 5.10 Å². The highest BCUT2D eigenvalue weighted by atomic mass is 32.2. The molecule has 7 heteroatoms. The normalized spacial score (nSPS) is 11.0. The SMILES string of the molecule is COc1ccc(-n2c(SCc3cnn(-c4ccccc4)c3)nc3ccccc3c2=O)cc1. The van der Waals surface area contributed by atoms with Crippen LogP contribution in [-0.2, 0) is 5.75 Å². The van der Waals surface area contributed by atoms with E-state index in [9.17, 15) is 4.79 Å². The molecule has 0 unspecified atom stereocenters. The van der Waals surface area contributed by atoms with Crippen LogP contribution in [0.2, 0.25) is 0 Å². The maximum Gasteiger partial charge on any atom is 0.266 e. The molecule has 5 aromatic rings. The molecule has 0 aliphatic carbocycles. The Balaban J connectivity index is 1.51. The number of benzene rings is 3. The molecular weight excluding hydrogens is 420 g/mol. The van der Waals surface area contributed by atoms with Gasteiger partial charge in [-0.25, -0.2) is 9.67 Å². The first-order valence-corrected chi connectivity index (χ1v) is 11.1. The number of methoxy groups -OCH3 is 1. The van der Waals surface area contributed by atoms with Gasteiger partial charge in [-0.2, -0.15) is 5.10 Å². The van der Waals surface area contributed by atoms with Crippen LogP contribution in [-0.4, -0.2) is 26.4 Å². The minimum absolute atomic E-state index is 0.0942. The Morgan fingerprint density at radius 1 is 0.906 bits per heavy atom. The van der Waals surface area contributed by atoms with Gasteiger partial charge in [0.2, 0.25) is 0 Å². The Morgan fingerprint density at radius 2 is 1.66 bits per heavy atom. The molecule has 0 saturated heterocycles. The largest absolute Gasteiger partial charge is 0.497 e. The summed E-state index contributed by atoms with van der Waals surface area (Å²) in [7, 11) is 1.62. The van der Waals surface area contributed by atoms with Crippen LogP contribution in [0.3, 0.4) is 0 Å². The molecule has 0 aliphatic heterocycles. The van der Waals surface area contributed by atoms with Crippen molar-refractivity contribution in [2.24, 2.45) is 0 Å². The van der Waals surface area contributed by atoms with E-state index in [1.165, 1.54) is 11.8 Å². The fourth-order valence-corrected chi connectivity index (χ4v) is 4.40. The summed E-state index contributed by atoms with van der Waals surface area (Å²) in [6, 6.07) is 24.8. The van der Waals surface area contributed by atoms with Crippen molar-refractivity contribution in [3.63, 3.8) is 0 Å². The van der Waals surface area contributed by atoms with Gasteiger partial charge in [0.25, 0.3) is 5.56 Å². The molecule has 32 heavy (non-hydrogen) atoms. The molecule has 2 heterocycles. The first-order valence-electron chi connectivity index (χ1n) is 10.1. The Bertz CT molecular complexity index is 1430. The van der Waals surface area contributed by atoms with Gasteiger partial charge in [-0.15, -0.1) is 0 Å². The van der Waals surface area contributed by atoms with E-state index in [4.69, 9.17) is 9.72 Å². The number of rotatable bonds is 6. The lowest BCUT2D eigenvalue weighted by Gasteiger charge is -2.13. The second-order valence-electron chi connectivity index (χ2n) is 7.17. The molecule has 0 spiro atoms. The predicted octanol–water partition coefficient (Wildman–Crippen LogP) is 4.87. The van der Waals surface area contributed by atoms with Crippen LogP contribution in [0.1, 0.15) is 5.56 Å². The van der Waals surface area contributed by atoms with Gasteiger partial charge in [0, 0.05) is 17.5 Å². The second-order valence-corrected chi connectivity index (χ2v) is 8.11. The van der Waals surface area contributed by atoms with Gasteiger partial charge in [0.05, 0.1) is 35.6 Å². The predicted molar refractivity (Wildman–Crippen MR) is 127 cm³/mol. The minimum atomic E-state index is -0.0942. The lowest BCUT2D eigenvalue weighted by atomic mass is 10.2. The molecule has 0 fully saturated rings. The van der Waals surface area contributed by atoms with Crippen LogP contribution in [0.25, 0.3) is 22.3 Å². The Hall–Kier alpha value is -3.84. The molecule has 6 nitrogen and oxygen atoms in total. The summed E-state index contributed by atoms with van der Waals surface area (Å²) in [5.74, 6) is 1.37. The smallest absolute Gasteiger partial charge is 0.266 e. The van der Waals surface area contributed by atoms with Gasteiger partial charge in [0.15, 0.2) is 5.16 Å². The number of hydrogen-bond acceptors (Lipinski definition) is 5. The van der Waals surface area contributed by atoms with Crippen LogP contribution in [0.15, 0.2) is 101 Å². The maximum absolute atomic E-state index is 13.4. The molecule has 0 radical (unpaired) electrons.